The van der Waals surface area contributed by atoms with Gasteiger partial charge in [0.25, 0.3) is 0 Å². The van der Waals surface area contributed by atoms with Crippen LogP contribution in [0.4, 0.5) is 0 Å². The second-order valence-electron chi connectivity index (χ2n) is 6.44. The lowest BCUT2D eigenvalue weighted by Crippen LogP contribution is -2.51. The fourth-order valence-electron chi connectivity index (χ4n) is 4.22. The van der Waals surface area contributed by atoms with E-state index < -0.39 is 0 Å². The molecule has 1 aliphatic carbocycles. The number of halogens is 1. The lowest BCUT2D eigenvalue weighted by molar-refractivity contribution is 0.0191. The van der Waals surface area contributed by atoms with Crippen LogP contribution in [0.1, 0.15) is 56.4 Å². The smallest absolute Gasteiger partial charge is 0.0931 e. The molecule has 4 unspecified atom stereocenters. The number of rotatable bonds is 3. The van der Waals surface area contributed by atoms with Crippen molar-refractivity contribution < 1.29 is 0 Å². The number of nitrogens with zero attached hydrogens (tertiary/aromatic N) is 1. The molecule has 1 saturated carbocycles. The van der Waals surface area contributed by atoms with Crippen LogP contribution >= 0.6 is 22.9 Å². The van der Waals surface area contributed by atoms with Gasteiger partial charge >= 0.3 is 0 Å². The number of thiophene rings is 1. The highest BCUT2D eigenvalue weighted by Gasteiger charge is 2.38. The molecule has 4 heteroatoms. The summed E-state index contributed by atoms with van der Waals surface area (Å²) >= 11 is 7.85. The molecule has 2 N–H and O–H groups in total. The van der Waals surface area contributed by atoms with E-state index in [1.54, 1.807) is 11.3 Å². The second kappa shape index (κ2) is 6.35. The molecule has 0 spiro atoms. The first-order chi connectivity index (χ1) is 9.66. The molecule has 0 radical (unpaired) electrons. The van der Waals surface area contributed by atoms with Gasteiger partial charge in [0.05, 0.1) is 10.4 Å². The van der Waals surface area contributed by atoms with Crippen molar-refractivity contribution >= 4 is 22.9 Å². The molecule has 2 heterocycles. The predicted octanol–water partition coefficient (Wildman–Crippen LogP) is 4.44. The van der Waals surface area contributed by atoms with Gasteiger partial charge in [-0.1, -0.05) is 24.4 Å². The van der Waals surface area contributed by atoms with Gasteiger partial charge in [0, 0.05) is 17.0 Å². The van der Waals surface area contributed by atoms with E-state index in [0.29, 0.717) is 6.04 Å². The summed E-state index contributed by atoms with van der Waals surface area (Å²) in [5.41, 5.74) is 6.35. The Labute approximate surface area is 131 Å². The maximum Gasteiger partial charge on any atom is 0.0931 e. The van der Waals surface area contributed by atoms with Crippen LogP contribution in [-0.2, 0) is 0 Å². The largest absolute Gasteiger partial charge is 0.326 e. The number of hydrogen-bond acceptors (Lipinski definition) is 3. The van der Waals surface area contributed by atoms with Crippen LogP contribution in [-0.4, -0.2) is 23.5 Å². The van der Waals surface area contributed by atoms with Gasteiger partial charge in [-0.2, -0.15) is 0 Å². The first kappa shape index (κ1) is 14.8. The minimum atomic E-state index is 0.158. The lowest BCUT2D eigenvalue weighted by Gasteiger charge is -2.48. The highest BCUT2D eigenvalue weighted by atomic mass is 35.5. The predicted molar refractivity (Wildman–Crippen MR) is 87.4 cm³/mol. The van der Waals surface area contributed by atoms with Crippen LogP contribution in [0.2, 0.25) is 4.34 Å². The van der Waals surface area contributed by atoms with E-state index in [4.69, 9.17) is 17.3 Å². The Hall–Kier alpha value is -0.0900. The number of piperidine rings is 1. The van der Waals surface area contributed by atoms with Crippen LogP contribution in [0.3, 0.4) is 0 Å². The second-order valence-corrected chi connectivity index (χ2v) is 8.18. The van der Waals surface area contributed by atoms with Gasteiger partial charge in [-0.25, -0.2) is 0 Å². The molecular formula is C16H25ClN2S. The van der Waals surface area contributed by atoms with Crippen molar-refractivity contribution in [2.45, 2.75) is 63.6 Å². The summed E-state index contributed by atoms with van der Waals surface area (Å²) in [5.74, 6) is 0.897. The number of hydrogen-bond donors (Lipinski definition) is 1. The van der Waals surface area contributed by atoms with Crippen LogP contribution < -0.4 is 5.73 Å². The van der Waals surface area contributed by atoms with E-state index in [9.17, 15) is 0 Å². The Morgan fingerprint density at radius 2 is 2.00 bits per heavy atom. The zero-order valence-electron chi connectivity index (χ0n) is 12.2. The van der Waals surface area contributed by atoms with E-state index in [0.717, 1.165) is 16.3 Å². The van der Waals surface area contributed by atoms with Crippen molar-refractivity contribution in [3.8, 4) is 0 Å². The van der Waals surface area contributed by atoms with Gasteiger partial charge in [-0.3, -0.25) is 4.90 Å². The molecule has 112 valence electrons. The van der Waals surface area contributed by atoms with Gasteiger partial charge in [-0.15, -0.1) is 11.3 Å². The molecule has 20 heavy (non-hydrogen) atoms. The normalized spacial score (nSPS) is 30.8. The molecule has 4 atom stereocenters. The topological polar surface area (TPSA) is 29.3 Å². The monoisotopic (exact) mass is 312 g/mol. The number of nitrogens with two attached hydrogens (primary N) is 1. The Kier molecular flexibility index (Phi) is 4.71. The Bertz CT molecular complexity index is 443. The van der Waals surface area contributed by atoms with Crippen molar-refractivity contribution in [3.63, 3.8) is 0 Å². The Morgan fingerprint density at radius 1 is 1.25 bits per heavy atom. The average Bonchev–Trinajstić information content (AvgIpc) is 2.85. The van der Waals surface area contributed by atoms with Gasteiger partial charge in [-0.05, 0) is 57.2 Å². The first-order valence-corrected chi connectivity index (χ1v) is 9.13. The van der Waals surface area contributed by atoms with Crippen LogP contribution in [0, 0.1) is 5.92 Å². The zero-order chi connectivity index (χ0) is 14.1. The summed E-state index contributed by atoms with van der Waals surface area (Å²) in [6, 6.07) is 5.44. The molecule has 1 aliphatic heterocycles. The van der Waals surface area contributed by atoms with E-state index in [1.807, 2.05) is 6.07 Å². The maximum absolute atomic E-state index is 6.35. The highest BCUT2D eigenvalue weighted by molar-refractivity contribution is 7.16. The molecule has 1 aromatic heterocycles. The highest BCUT2D eigenvalue weighted by Crippen LogP contribution is 2.42. The van der Waals surface area contributed by atoms with Gasteiger partial charge in [0.1, 0.15) is 0 Å². The summed E-state index contributed by atoms with van der Waals surface area (Å²) < 4.78 is 0.878. The molecule has 3 rings (SSSR count). The lowest BCUT2D eigenvalue weighted by atomic mass is 9.77. The van der Waals surface area contributed by atoms with Crippen molar-refractivity contribution in [2.24, 2.45) is 11.7 Å². The van der Waals surface area contributed by atoms with Crippen molar-refractivity contribution in [1.29, 1.82) is 0 Å². The van der Waals surface area contributed by atoms with Crippen LogP contribution in [0.15, 0.2) is 12.1 Å². The SMILES string of the molecule is CC(N)C(c1ccc(Cl)s1)N1CCCC2CCCCC21. The quantitative estimate of drug-likeness (QED) is 0.893. The first-order valence-electron chi connectivity index (χ1n) is 7.93. The molecule has 2 aliphatic rings. The summed E-state index contributed by atoms with van der Waals surface area (Å²) in [4.78, 5) is 4.05. The summed E-state index contributed by atoms with van der Waals surface area (Å²) in [6.45, 7) is 3.34. The maximum atomic E-state index is 6.35. The van der Waals surface area contributed by atoms with E-state index in [2.05, 4.69) is 17.9 Å². The molecule has 1 saturated heterocycles. The minimum Gasteiger partial charge on any atom is -0.326 e. The molecule has 0 amide bonds. The molecule has 1 aromatic rings. The Balaban J connectivity index is 1.86. The fraction of sp³-hybridized carbons (Fsp3) is 0.750. The summed E-state index contributed by atoms with van der Waals surface area (Å²) in [5, 5.41) is 0. The minimum absolute atomic E-state index is 0.158. The van der Waals surface area contributed by atoms with E-state index in [-0.39, 0.29) is 6.04 Å². The fourth-order valence-corrected chi connectivity index (χ4v) is 5.52. The van der Waals surface area contributed by atoms with Crippen LogP contribution in [0.25, 0.3) is 0 Å². The molecule has 2 fully saturated rings. The van der Waals surface area contributed by atoms with Crippen molar-refractivity contribution in [1.82, 2.24) is 4.90 Å². The summed E-state index contributed by atoms with van der Waals surface area (Å²) in [7, 11) is 0. The third-order valence-electron chi connectivity index (χ3n) is 5.03. The molecule has 2 nitrogen and oxygen atoms in total. The van der Waals surface area contributed by atoms with Crippen molar-refractivity contribution in [3.05, 3.63) is 21.3 Å². The van der Waals surface area contributed by atoms with Gasteiger partial charge in [0.15, 0.2) is 0 Å². The number of fused-ring (bicyclic) bond motifs is 1. The van der Waals surface area contributed by atoms with Gasteiger partial charge in [0.2, 0.25) is 0 Å². The molecule has 0 aromatic carbocycles. The average molecular weight is 313 g/mol. The third-order valence-corrected chi connectivity index (χ3v) is 6.33. The van der Waals surface area contributed by atoms with E-state index >= 15 is 0 Å². The summed E-state index contributed by atoms with van der Waals surface area (Å²) in [6.07, 6.45) is 8.31. The Morgan fingerprint density at radius 3 is 2.70 bits per heavy atom. The molecule has 0 bridgehead atoms. The van der Waals surface area contributed by atoms with E-state index in [1.165, 1.54) is 49.9 Å². The van der Waals surface area contributed by atoms with Crippen LogP contribution in [0.5, 0.6) is 0 Å². The third kappa shape index (κ3) is 2.92. The standard InChI is InChI=1S/C16H25ClN2S/c1-11(18)16(14-8-9-15(17)20-14)19-10-4-6-12-5-2-3-7-13(12)19/h8-9,11-13,16H,2-7,10,18H2,1H3. The number of likely N-dealkylation sites (tertiary alicyclic amines) is 1. The van der Waals surface area contributed by atoms with Gasteiger partial charge < -0.3 is 5.73 Å². The zero-order valence-corrected chi connectivity index (χ0v) is 13.8. The van der Waals surface area contributed by atoms with Crippen molar-refractivity contribution in [2.75, 3.05) is 6.54 Å². The molecular weight excluding hydrogens is 288 g/mol.